The van der Waals surface area contributed by atoms with Crippen molar-refractivity contribution in [3.63, 3.8) is 0 Å². The minimum Gasteiger partial charge on any atom is -0.478 e. The van der Waals surface area contributed by atoms with Crippen molar-refractivity contribution in [2.24, 2.45) is 0 Å². The molecule has 0 saturated heterocycles. The van der Waals surface area contributed by atoms with Gasteiger partial charge in [0.05, 0.1) is 22.5 Å². The number of rotatable bonds is 3. The summed E-state index contributed by atoms with van der Waals surface area (Å²) in [5, 5.41) is 10.0. The number of nitrogen functional groups attached to an aromatic ring is 1. The number of nitrogens with two attached hydrogens (primary N) is 1. The van der Waals surface area contributed by atoms with Gasteiger partial charge in [0.2, 0.25) is 0 Å². The molecule has 4 nitrogen and oxygen atoms in total. The van der Waals surface area contributed by atoms with Gasteiger partial charge in [-0.2, -0.15) is 0 Å². The minimum atomic E-state index is -1.07. The molecule has 0 aliphatic heterocycles. The summed E-state index contributed by atoms with van der Waals surface area (Å²) in [6.45, 7) is 0. The third kappa shape index (κ3) is 2.75. The Labute approximate surface area is 113 Å². The van der Waals surface area contributed by atoms with Crippen LogP contribution in [0.25, 0.3) is 0 Å². The number of benzene rings is 1. The first-order chi connectivity index (χ1) is 8.58. The van der Waals surface area contributed by atoms with Crippen molar-refractivity contribution >= 4 is 35.0 Å². The highest BCUT2D eigenvalue weighted by Crippen LogP contribution is 2.34. The Bertz CT molecular complexity index is 604. The molecule has 0 radical (unpaired) electrons. The smallest absolute Gasteiger partial charge is 0.338 e. The lowest BCUT2D eigenvalue weighted by atomic mass is 10.3. The molecule has 1 aromatic carbocycles. The molecule has 0 bridgehead atoms. The molecule has 2 aromatic rings. The van der Waals surface area contributed by atoms with Gasteiger partial charge in [0.25, 0.3) is 0 Å². The number of hydrogen-bond donors (Lipinski definition) is 2. The summed E-state index contributed by atoms with van der Waals surface area (Å²) in [6.07, 6.45) is 1.42. The van der Waals surface area contributed by atoms with E-state index in [0.717, 1.165) is 4.90 Å². The SMILES string of the molecule is Nc1cnc(Sc2ccccc2Cl)c(C(=O)O)c1. The molecule has 2 rings (SSSR count). The second-order valence-electron chi connectivity index (χ2n) is 3.46. The van der Waals surface area contributed by atoms with E-state index in [4.69, 9.17) is 22.4 Å². The molecule has 0 unspecified atom stereocenters. The molecule has 18 heavy (non-hydrogen) atoms. The van der Waals surface area contributed by atoms with E-state index in [0.29, 0.717) is 15.7 Å². The van der Waals surface area contributed by atoms with Crippen LogP contribution in [0.1, 0.15) is 10.4 Å². The Balaban J connectivity index is 2.41. The molecule has 1 heterocycles. The number of nitrogens with zero attached hydrogens (tertiary/aromatic N) is 1. The van der Waals surface area contributed by atoms with E-state index in [1.807, 2.05) is 6.07 Å². The lowest BCUT2D eigenvalue weighted by molar-refractivity contribution is 0.0692. The van der Waals surface area contributed by atoms with Crippen LogP contribution in [0, 0.1) is 0 Å². The highest BCUT2D eigenvalue weighted by Gasteiger charge is 2.14. The highest BCUT2D eigenvalue weighted by atomic mass is 35.5. The van der Waals surface area contributed by atoms with Crippen LogP contribution in [-0.4, -0.2) is 16.1 Å². The molecular formula is C12H9ClN2O2S. The molecule has 0 fully saturated rings. The van der Waals surface area contributed by atoms with Crippen molar-refractivity contribution in [3.8, 4) is 0 Å². The summed E-state index contributed by atoms with van der Waals surface area (Å²) in [7, 11) is 0. The Morgan fingerprint density at radius 2 is 2.11 bits per heavy atom. The van der Waals surface area contributed by atoms with Crippen molar-refractivity contribution < 1.29 is 9.90 Å². The van der Waals surface area contributed by atoms with E-state index >= 15 is 0 Å². The summed E-state index contributed by atoms with van der Waals surface area (Å²) in [4.78, 5) is 15.9. The summed E-state index contributed by atoms with van der Waals surface area (Å²) in [5.74, 6) is -1.07. The fourth-order valence-corrected chi connectivity index (χ4v) is 2.47. The summed E-state index contributed by atoms with van der Waals surface area (Å²) in [5.41, 5.74) is 5.91. The van der Waals surface area contributed by atoms with Crippen molar-refractivity contribution in [2.45, 2.75) is 9.92 Å². The van der Waals surface area contributed by atoms with Gasteiger partial charge in [-0.05, 0) is 18.2 Å². The van der Waals surface area contributed by atoms with E-state index in [-0.39, 0.29) is 5.56 Å². The van der Waals surface area contributed by atoms with Gasteiger partial charge in [0.15, 0.2) is 0 Å². The van der Waals surface area contributed by atoms with Crippen LogP contribution in [0.4, 0.5) is 5.69 Å². The van der Waals surface area contributed by atoms with Crippen molar-refractivity contribution in [2.75, 3.05) is 5.73 Å². The maximum atomic E-state index is 11.1. The molecule has 0 amide bonds. The third-order valence-corrected chi connectivity index (χ3v) is 3.68. The lowest BCUT2D eigenvalue weighted by Crippen LogP contribution is -2.02. The van der Waals surface area contributed by atoms with Gasteiger partial charge in [-0.1, -0.05) is 35.5 Å². The fraction of sp³-hybridized carbons (Fsp3) is 0. The number of hydrogen-bond acceptors (Lipinski definition) is 4. The van der Waals surface area contributed by atoms with Crippen molar-refractivity contribution in [3.05, 3.63) is 47.1 Å². The quantitative estimate of drug-likeness (QED) is 0.903. The molecular weight excluding hydrogens is 272 g/mol. The normalized spacial score (nSPS) is 10.3. The zero-order valence-corrected chi connectivity index (χ0v) is 10.7. The standard InChI is InChI=1S/C12H9ClN2O2S/c13-9-3-1-2-4-10(9)18-11-8(12(16)17)5-7(14)6-15-11/h1-6H,14H2,(H,16,17). The number of halogens is 1. The van der Waals surface area contributed by atoms with Gasteiger partial charge < -0.3 is 10.8 Å². The predicted octanol–water partition coefficient (Wildman–Crippen LogP) is 3.17. The van der Waals surface area contributed by atoms with Crippen LogP contribution in [0.15, 0.2) is 46.5 Å². The first-order valence-electron chi connectivity index (χ1n) is 4.99. The first kappa shape index (κ1) is 12.7. The van der Waals surface area contributed by atoms with Crippen LogP contribution in [0.2, 0.25) is 5.02 Å². The monoisotopic (exact) mass is 280 g/mol. The van der Waals surface area contributed by atoms with Crippen LogP contribution in [0.3, 0.4) is 0 Å². The molecule has 6 heteroatoms. The molecule has 3 N–H and O–H groups in total. The highest BCUT2D eigenvalue weighted by molar-refractivity contribution is 7.99. The molecule has 0 saturated carbocycles. The van der Waals surface area contributed by atoms with Crippen molar-refractivity contribution in [1.82, 2.24) is 4.98 Å². The van der Waals surface area contributed by atoms with Gasteiger partial charge >= 0.3 is 5.97 Å². The molecule has 92 valence electrons. The van der Waals surface area contributed by atoms with Gasteiger partial charge in [-0.25, -0.2) is 9.78 Å². The number of carboxylic acid groups (broad SMARTS) is 1. The zero-order chi connectivity index (χ0) is 13.1. The molecule has 0 atom stereocenters. The molecule has 1 aromatic heterocycles. The zero-order valence-electron chi connectivity index (χ0n) is 9.13. The van der Waals surface area contributed by atoms with E-state index in [1.54, 1.807) is 18.2 Å². The number of carboxylic acids is 1. The van der Waals surface area contributed by atoms with Gasteiger partial charge in [0.1, 0.15) is 5.03 Å². The van der Waals surface area contributed by atoms with Gasteiger partial charge in [0, 0.05) is 4.90 Å². The van der Waals surface area contributed by atoms with E-state index in [1.165, 1.54) is 24.0 Å². The number of carbonyl (C=O) groups is 1. The number of aromatic carboxylic acids is 1. The van der Waals surface area contributed by atoms with Crippen molar-refractivity contribution in [1.29, 1.82) is 0 Å². The largest absolute Gasteiger partial charge is 0.478 e. The second-order valence-corrected chi connectivity index (χ2v) is 4.90. The van der Waals surface area contributed by atoms with Crippen LogP contribution >= 0.6 is 23.4 Å². The van der Waals surface area contributed by atoms with Gasteiger partial charge in [-0.15, -0.1) is 0 Å². The number of aromatic nitrogens is 1. The average Bonchev–Trinajstić information content (AvgIpc) is 2.34. The number of pyridine rings is 1. The Kier molecular flexibility index (Phi) is 3.74. The summed E-state index contributed by atoms with van der Waals surface area (Å²) in [6, 6.07) is 8.56. The van der Waals surface area contributed by atoms with Crippen LogP contribution in [0.5, 0.6) is 0 Å². The number of anilines is 1. The third-order valence-electron chi connectivity index (χ3n) is 2.15. The first-order valence-corrected chi connectivity index (χ1v) is 6.18. The maximum absolute atomic E-state index is 11.1. The predicted molar refractivity (Wildman–Crippen MR) is 71.2 cm³/mol. The Hall–Kier alpha value is -1.72. The van der Waals surface area contributed by atoms with Crippen LogP contribution < -0.4 is 5.73 Å². The maximum Gasteiger partial charge on any atom is 0.338 e. The Morgan fingerprint density at radius 3 is 2.78 bits per heavy atom. The van der Waals surface area contributed by atoms with Crippen LogP contribution in [-0.2, 0) is 0 Å². The van der Waals surface area contributed by atoms with E-state index in [2.05, 4.69) is 4.98 Å². The van der Waals surface area contributed by atoms with Gasteiger partial charge in [-0.3, -0.25) is 0 Å². The van der Waals surface area contributed by atoms with E-state index in [9.17, 15) is 4.79 Å². The molecule has 0 aliphatic carbocycles. The lowest BCUT2D eigenvalue weighted by Gasteiger charge is -2.06. The minimum absolute atomic E-state index is 0.0694. The topological polar surface area (TPSA) is 76.2 Å². The second kappa shape index (κ2) is 5.29. The fourth-order valence-electron chi connectivity index (χ4n) is 1.33. The average molecular weight is 281 g/mol. The molecule has 0 aliphatic rings. The summed E-state index contributed by atoms with van der Waals surface area (Å²) >= 11 is 7.22. The summed E-state index contributed by atoms with van der Waals surface area (Å²) < 4.78 is 0. The Morgan fingerprint density at radius 1 is 1.39 bits per heavy atom. The van der Waals surface area contributed by atoms with E-state index < -0.39 is 5.97 Å². The molecule has 0 spiro atoms.